The summed E-state index contributed by atoms with van der Waals surface area (Å²) in [7, 11) is 4.71. The van der Waals surface area contributed by atoms with Gasteiger partial charge >= 0.3 is 0 Å². The van der Waals surface area contributed by atoms with Gasteiger partial charge in [-0.3, -0.25) is 0 Å². The number of benzene rings is 3. The number of hydrogen-bond acceptors (Lipinski definition) is 6. The predicted molar refractivity (Wildman–Crippen MR) is 119 cm³/mol. The van der Waals surface area contributed by atoms with Crippen molar-refractivity contribution in [2.24, 2.45) is 0 Å². The van der Waals surface area contributed by atoms with Crippen molar-refractivity contribution < 1.29 is 29.2 Å². The highest BCUT2D eigenvalue weighted by molar-refractivity contribution is 5.60. The maximum atomic E-state index is 12.6. The summed E-state index contributed by atoms with van der Waals surface area (Å²) in [5.41, 5.74) is -1.51. The molecular weight excluding hydrogens is 408 g/mol. The van der Waals surface area contributed by atoms with Crippen molar-refractivity contribution in [2.75, 3.05) is 21.3 Å². The van der Waals surface area contributed by atoms with Crippen molar-refractivity contribution in [2.45, 2.75) is 29.6 Å². The molecular formula is C26H26O6. The Balaban J connectivity index is 1.78. The zero-order valence-corrected chi connectivity index (χ0v) is 18.2. The monoisotopic (exact) mass is 434 g/mol. The van der Waals surface area contributed by atoms with E-state index in [0.717, 1.165) is 11.3 Å². The Labute approximate surface area is 186 Å². The molecule has 2 N–H and O–H groups in total. The summed E-state index contributed by atoms with van der Waals surface area (Å²) >= 11 is 0. The molecule has 1 heterocycles. The average molecular weight is 434 g/mol. The van der Waals surface area contributed by atoms with E-state index in [2.05, 4.69) is 0 Å². The zero-order valence-electron chi connectivity index (χ0n) is 18.2. The van der Waals surface area contributed by atoms with E-state index in [1.54, 1.807) is 26.4 Å². The van der Waals surface area contributed by atoms with Crippen LogP contribution in [-0.4, -0.2) is 37.6 Å². The van der Waals surface area contributed by atoms with Crippen LogP contribution in [0.4, 0.5) is 0 Å². The van der Waals surface area contributed by atoms with Crippen molar-refractivity contribution in [1.82, 2.24) is 0 Å². The minimum atomic E-state index is -1.71. The molecule has 1 aliphatic heterocycles. The molecule has 32 heavy (non-hydrogen) atoms. The minimum Gasteiger partial charge on any atom is -0.497 e. The Bertz CT molecular complexity index is 1130. The van der Waals surface area contributed by atoms with Crippen LogP contribution in [0.3, 0.4) is 0 Å². The molecule has 6 heteroatoms. The first-order valence-corrected chi connectivity index (χ1v) is 10.5. The van der Waals surface area contributed by atoms with Gasteiger partial charge in [0.2, 0.25) is 0 Å². The number of rotatable bonds is 5. The highest BCUT2D eigenvalue weighted by atomic mass is 16.5. The number of hydrogen-bond donors (Lipinski definition) is 2. The molecule has 3 aromatic carbocycles. The molecule has 0 radical (unpaired) electrons. The highest BCUT2D eigenvalue weighted by Crippen LogP contribution is 2.66. The van der Waals surface area contributed by atoms with Gasteiger partial charge in [-0.25, -0.2) is 0 Å². The van der Waals surface area contributed by atoms with Crippen molar-refractivity contribution >= 4 is 0 Å². The zero-order chi connectivity index (χ0) is 22.5. The minimum absolute atomic E-state index is 0.398. The Morgan fingerprint density at radius 1 is 0.812 bits per heavy atom. The standard InChI is InChI=1S/C26H26O6/c1-29-18-11-9-16(10-12-18)20-15-23-25(27,17-7-5-4-6-8-17)26(20,28)24-21(31-3)13-19(30-2)14-22(24)32-23/h4-14,20,23,27-28H,15H2,1-3H3. The number of fused-ring (bicyclic) bond motifs is 4. The van der Waals surface area contributed by atoms with Gasteiger partial charge in [-0.15, -0.1) is 0 Å². The molecule has 1 fully saturated rings. The summed E-state index contributed by atoms with van der Waals surface area (Å²) in [6.45, 7) is 0. The average Bonchev–Trinajstić information content (AvgIpc) is 2.97. The Morgan fingerprint density at radius 3 is 2.12 bits per heavy atom. The van der Waals surface area contributed by atoms with Gasteiger partial charge in [0.15, 0.2) is 5.60 Å². The lowest BCUT2D eigenvalue weighted by Crippen LogP contribution is -2.56. The number of aliphatic hydroxyl groups is 2. The Hall–Kier alpha value is -3.22. The fourth-order valence-corrected chi connectivity index (χ4v) is 5.34. The van der Waals surface area contributed by atoms with Gasteiger partial charge in [0, 0.05) is 18.1 Å². The lowest BCUT2D eigenvalue weighted by Gasteiger charge is -2.48. The molecule has 2 aliphatic rings. The molecule has 5 rings (SSSR count). The summed E-state index contributed by atoms with van der Waals surface area (Å²) in [5.74, 6) is 1.67. The van der Waals surface area contributed by atoms with E-state index >= 15 is 0 Å². The normalized spacial score (nSPS) is 27.9. The van der Waals surface area contributed by atoms with Crippen molar-refractivity contribution in [3.05, 3.63) is 83.4 Å². The van der Waals surface area contributed by atoms with Gasteiger partial charge in [-0.2, -0.15) is 0 Å². The summed E-state index contributed by atoms with van der Waals surface area (Å²) in [4.78, 5) is 0. The molecule has 3 aromatic rings. The maximum Gasteiger partial charge on any atom is 0.160 e. The molecule has 0 spiro atoms. The van der Waals surface area contributed by atoms with E-state index in [9.17, 15) is 10.2 Å². The topological polar surface area (TPSA) is 77.4 Å². The molecule has 2 bridgehead atoms. The number of ether oxygens (including phenoxy) is 4. The molecule has 1 aliphatic carbocycles. The number of methoxy groups -OCH3 is 3. The van der Waals surface area contributed by atoms with Gasteiger partial charge in [0.1, 0.15) is 34.7 Å². The van der Waals surface area contributed by atoms with Crippen molar-refractivity contribution in [1.29, 1.82) is 0 Å². The van der Waals surface area contributed by atoms with Crippen LogP contribution in [0.15, 0.2) is 66.7 Å². The van der Waals surface area contributed by atoms with Crippen LogP contribution in [0.25, 0.3) is 0 Å². The van der Waals surface area contributed by atoms with Gasteiger partial charge in [-0.05, 0) is 29.7 Å². The van der Waals surface area contributed by atoms with Crippen LogP contribution in [0.2, 0.25) is 0 Å². The van der Waals surface area contributed by atoms with E-state index in [-0.39, 0.29) is 0 Å². The van der Waals surface area contributed by atoms with Crippen molar-refractivity contribution in [3.63, 3.8) is 0 Å². The van der Waals surface area contributed by atoms with Crippen LogP contribution < -0.4 is 18.9 Å². The maximum absolute atomic E-state index is 12.6. The Kier molecular flexibility index (Phi) is 4.80. The summed E-state index contributed by atoms with van der Waals surface area (Å²) in [6.07, 6.45) is -0.264. The quantitative estimate of drug-likeness (QED) is 0.637. The van der Waals surface area contributed by atoms with Gasteiger partial charge in [0.05, 0.1) is 26.9 Å². The second-order valence-corrected chi connectivity index (χ2v) is 8.27. The van der Waals surface area contributed by atoms with Crippen LogP contribution in [0.5, 0.6) is 23.0 Å². The van der Waals surface area contributed by atoms with Gasteiger partial charge in [-0.1, -0.05) is 42.5 Å². The molecule has 166 valence electrons. The van der Waals surface area contributed by atoms with Gasteiger partial charge < -0.3 is 29.2 Å². The molecule has 0 aromatic heterocycles. The van der Waals surface area contributed by atoms with E-state index in [1.165, 1.54) is 7.11 Å². The fraction of sp³-hybridized carbons (Fsp3) is 0.308. The van der Waals surface area contributed by atoms with Crippen LogP contribution >= 0.6 is 0 Å². The first-order valence-electron chi connectivity index (χ1n) is 10.5. The summed E-state index contributed by atoms with van der Waals surface area (Å²) in [6, 6.07) is 20.2. The third-order valence-electron chi connectivity index (χ3n) is 6.88. The first kappa shape index (κ1) is 20.7. The van der Waals surface area contributed by atoms with E-state index < -0.39 is 23.2 Å². The third-order valence-corrected chi connectivity index (χ3v) is 6.88. The SMILES string of the molecule is COc1ccc(C2CC3Oc4cc(OC)cc(OC)c4C2(O)C3(O)c2ccccc2)cc1. The smallest absolute Gasteiger partial charge is 0.160 e. The second kappa shape index (κ2) is 7.43. The summed E-state index contributed by atoms with van der Waals surface area (Å²) < 4.78 is 22.7. The fourth-order valence-electron chi connectivity index (χ4n) is 5.34. The molecule has 6 nitrogen and oxygen atoms in total. The molecule has 1 saturated carbocycles. The molecule has 4 atom stereocenters. The first-order chi connectivity index (χ1) is 15.5. The van der Waals surface area contributed by atoms with Crippen molar-refractivity contribution in [3.8, 4) is 23.0 Å². The highest BCUT2D eigenvalue weighted by Gasteiger charge is 2.71. The molecule has 0 saturated heterocycles. The van der Waals surface area contributed by atoms with Crippen LogP contribution in [-0.2, 0) is 11.2 Å². The lowest BCUT2D eigenvalue weighted by molar-refractivity contribution is -0.195. The largest absolute Gasteiger partial charge is 0.497 e. The Morgan fingerprint density at radius 2 is 1.50 bits per heavy atom. The summed E-state index contributed by atoms with van der Waals surface area (Å²) in [5, 5.41) is 24.8. The van der Waals surface area contributed by atoms with Gasteiger partial charge in [0.25, 0.3) is 0 Å². The van der Waals surface area contributed by atoms with E-state index in [4.69, 9.17) is 18.9 Å². The lowest BCUT2D eigenvalue weighted by atomic mass is 9.68. The van der Waals surface area contributed by atoms with E-state index in [0.29, 0.717) is 34.8 Å². The van der Waals surface area contributed by atoms with E-state index in [1.807, 2.05) is 54.6 Å². The third kappa shape index (κ3) is 2.66. The van der Waals surface area contributed by atoms with Crippen LogP contribution in [0, 0.1) is 0 Å². The molecule has 0 amide bonds. The second-order valence-electron chi connectivity index (χ2n) is 8.27. The molecule has 4 unspecified atom stereocenters. The predicted octanol–water partition coefficient (Wildman–Crippen LogP) is 3.74. The van der Waals surface area contributed by atoms with Crippen LogP contribution in [0.1, 0.15) is 29.0 Å².